The van der Waals surface area contributed by atoms with E-state index in [4.69, 9.17) is 4.74 Å². The first kappa shape index (κ1) is 19.0. The minimum absolute atomic E-state index is 0. The molecule has 1 amide bonds. The van der Waals surface area contributed by atoms with E-state index in [1.165, 1.54) is 0 Å². The summed E-state index contributed by atoms with van der Waals surface area (Å²) in [6.07, 6.45) is 3.23. The van der Waals surface area contributed by atoms with Crippen LogP contribution < -0.4 is 15.4 Å². The highest BCUT2D eigenvalue weighted by Crippen LogP contribution is 2.25. The third-order valence-corrected chi connectivity index (χ3v) is 4.50. The molecule has 3 rings (SSSR count). The second kappa shape index (κ2) is 8.67. The predicted octanol–water partition coefficient (Wildman–Crippen LogP) is 1.45. The highest BCUT2D eigenvalue weighted by atomic mass is 35.5. The number of nitrogens with one attached hydrogen (secondary N) is 2. The van der Waals surface area contributed by atoms with Crippen LogP contribution in [0, 0.1) is 0 Å². The smallest absolute Gasteiger partial charge is 0.241 e. The maximum atomic E-state index is 12.1. The Morgan fingerprint density at radius 2 is 1.88 bits per heavy atom. The fourth-order valence-electron chi connectivity index (χ4n) is 3.15. The zero-order valence-electron chi connectivity index (χ0n) is 13.5. The Kier molecular flexibility index (Phi) is 6.86. The summed E-state index contributed by atoms with van der Waals surface area (Å²) in [6.45, 7) is 0.453. The molecule has 0 radical (unpaired) electrons. The van der Waals surface area contributed by atoms with Crippen LogP contribution in [0.2, 0.25) is 0 Å². The van der Waals surface area contributed by atoms with Gasteiger partial charge in [-0.1, -0.05) is 6.42 Å². The normalized spacial score (nSPS) is 29.6. The van der Waals surface area contributed by atoms with Crippen molar-refractivity contribution < 1.29 is 19.7 Å². The van der Waals surface area contributed by atoms with Gasteiger partial charge in [-0.15, -0.1) is 12.4 Å². The van der Waals surface area contributed by atoms with Crippen LogP contribution in [0.4, 0.5) is 5.69 Å². The van der Waals surface area contributed by atoms with Crippen molar-refractivity contribution in [3.05, 3.63) is 24.3 Å². The molecule has 4 atom stereocenters. The molecule has 1 aliphatic heterocycles. The van der Waals surface area contributed by atoms with Gasteiger partial charge < -0.3 is 25.6 Å². The van der Waals surface area contributed by atoms with Crippen LogP contribution in [0.25, 0.3) is 0 Å². The van der Waals surface area contributed by atoms with Gasteiger partial charge in [0, 0.05) is 12.2 Å². The molecule has 0 aromatic heterocycles. The molecule has 134 valence electrons. The molecule has 2 aliphatic rings. The lowest BCUT2D eigenvalue weighted by molar-refractivity contribution is -0.117. The maximum Gasteiger partial charge on any atom is 0.241 e. The lowest BCUT2D eigenvalue weighted by Crippen LogP contribution is -2.35. The SMILES string of the molecule is Cl.O=C(Nc1ccc(OC2CCCCC2O)cc1)C1CC(O)CN1. The Bertz CT molecular complexity index is 540. The monoisotopic (exact) mass is 356 g/mol. The van der Waals surface area contributed by atoms with E-state index in [-0.39, 0.29) is 30.5 Å². The molecule has 24 heavy (non-hydrogen) atoms. The van der Waals surface area contributed by atoms with Gasteiger partial charge in [0.25, 0.3) is 0 Å². The van der Waals surface area contributed by atoms with Crippen LogP contribution in [0.5, 0.6) is 5.75 Å². The first-order valence-corrected chi connectivity index (χ1v) is 8.29. The minimum Gasteiger partial charge on any atom is -0.488 e. The number of carbonyl (C=O) groups is 1. The summed E-state index contributed by atoms with van der Waals surface area (Å²) in [5, 5.41) is 25.2. The number of β-amino-alcohol motifs (C(OH)–C–C–N with tert-alkyl or cyclic N) is 1. The van der Waals surface area contributed by atoms with Crippen molar-refractivity contribution in [2.45, 2.75) is 56.5 Å². The zero-order valence-corrected chi connectivity index (χ0v) is 14.3. The lowest BCUT2D eigenvalue weighted by atomic mass is 9.95. The predicted molar refractivity (Wildman–Crippen MR) is 93.6 cm³/mol. The molecule has 0 bridgehead atoms. The molecular weight excluding hydrogens is 332 g/mol. The van der Waals surface area contributed by atoms with E-state index >= 15 is 0 Å². The van der Waals surface area contributed by atoms with Crippen molar-refractivity contribution >= 4 is 24.0 Å². The molecule has 1 aromatic carbocycles. The molecule has 0 spiro atoms. The minimum atomic E-state index is -0.455. The molecule has 7 heteroatoms. The summed E-state index contributed by atoms with van der Waals surface area (Å²) in [5.74, 6) is 0.557. The second-order valence-corrected chi connectivity index (χ2v) is 6.37. The summed E-state index contributed by atoms with van der Waals surface area (Å²) in [4.78, 5) is 12.1. The molecule has 6 nitrogen and oxygen atoms in total. The number of aliphatic hydroxyl groups excluding tert-OH is 2. The first-order chi connectivity index (χ1) is 11.1. The topological polar surface area (TPSA) is 90.8 Å². The quantitative estimate of drug-likeness (QED) is 0.655. The average Bonchev–Trinajstić information content (AvgIpc) is 2.98. The summed E-state index contributed by atoms with van der Waals surface area (Å²) < 4.78 is 5.83. The summed E-state index contributed by atoms with van der Waals surface area (Å²) >= 11 is 0. The van der Waals surface area contributed by atoms with E-state index in [2.05, 4.69) is 10.6 Å². The number of anilines is 1. The van der Waals surface area contributed by atoms with Gasteiger partial charge in [-0.25, -0.2) is 0 Å². The maximum absolute atomic E-state index is 12.1. The largest absolute Gasteiger partial charge is 0.488 e. The van der Waals surface area contributed by atoms with E-state index in [0.717, 1.165) is 25.7 Å². The van der Waals surface area contributed by atoms with Crippen LogP contribution in [0.15, 0.2) is 24.3 Å². The molecule has 4 unspecified atom stereocenters. The molecule has 4 N–H and O–H groups in total. The van der Waals surface area contributed by atoms with Crippen molar-refractivity contribution in [2.75, 3.05) is 11.9 Å². The number of halogens is 1. The Labute approximate surface area is 148 Å². The van der Waals surface area contributed by atoms with Crippen LogP contribution in [-0.2, 0) is 4.79 Å². The molecule has 1 aromatic rings. The zero-order chi connectivity index (χ0) is 16.2. The van der Waals surface area contributed by atoms with Gasteiger partial charge in [0.1, 0.15) is 11.9 Å². The van der Waals surface area contributed by atoms with Crippen molar-refractivity contribution in [1.82, 2.24) is 5.32 Å². The van der Waals surface area contributed by atoms with E-state index < -0.39 is 12.2 Å². The van der Waals surface area contributed by atoms with Crippen molar-refractivity contribution in [3.8, 4) is 5.75 Å². The Hall–Kier alpha value is -1.34. The van der Waals surface area contributed by atoms with Crippen molar-refractivity contribution in [1.29, 1.82) is 0 Å². The second-order valence-electron chi connectivity index (χ2n) is 6.37. The van der Waals surface area contributed by atoms with E-state index in [0.29, 0.717) is 24.4 Å². The molecule has 1 aliphatic carbocycles. The van der Waals surface area contributed by atoms with Crippen LogP contribution in [0.1, 0.15) is 32.1 Å². The number of ether oxygens (including phenoxy) is 1. The molecular formula is C17H25ClN2O4. The third-order valence-electron chi connectivity index (χ3n) is 4.50. The van der Waals surface area contributed by atoms with Gasteiger partial charge in [0.05, 0.1) is 18.2 Å². The number of hydrogen-bond acceptors (Lipinski definition) is 5. The van der Waals surface area contributed by atoms with Gasteiger partial charge in [0.2, 0.25) is 5.91 Å². The van der Waals surface area contributed by atoms with E-state index in [1.54, 1.807) is 24.3 Å². The summed E-state index contributed by atoms with van der Waals surface area (Å²) in [5.41, 5.74) is 0.690. The highest BCUT2D eigenvalue weighted by Gasteiger charge is 2.28. The standard InChI is InChI=1S/C17H24N2O4.ClH/c20-12-9-14(18-10-12)17(22)19-11-5-7-13(8-6-11)23-16-4-2-1-3-15(16)21;/h5-8,12,14-16,18,20-21H,1-4,9-10H2,(H,19,22);1H. The summed E-state index contributed by atoms with van der Waals surface area (Å²) in [6, 6.07) is 6.82. The third kappa shape index (κ3) is 4.83. The highest BCUT2D eigenvalue weighted by molar-refractivity contribution is 5.95. The van der Waals surface area contributed by atoms with Crippen molar-refractivity contribution in [2.24, 2.45) is 0 Å². The van der Waals surface area contributed by atoms with Gasteiger partial charge in [-0.2, -0.15) is 0 Å². The average molecular weight is 357 g/mol. The summed E-state index contributed by atoms with van der Waals surface area (Å²) in [7, 11) is 0. The number of rotatable bonds is 4. The lowest BCUT2D eigenvalue weighted by Gasteiger charge is -2.28. The van der Waals surface area contributed by atoms with Gasteiger partial charge in [-0.05, 0) is 49.9 Å². The Morgan fingerprint density at radius 3 is 2.50 bits per heavy atom. The number of aliphatic hydroxyl groups is 2. The van der Waals surface area contributed by atoms with Gasteiger partial charge in [0.15, 0.2) is 0 Å². The molecule has 2 fully saturated rings. The van der Waals surface area contributed by atoms with Gasteiger partial charge >= 0.3 is 0 Å². The number of amides is 1. The molecule has 1 heterocycles. The van der Waals surface area contributed by atoms with Crippen LogP contribution in [0.3, 0.4) is 0 Å². The number of benzene rings is 1. The van der Waals surface area contributed by atoms with Crippen molar-refractivity contribution in [3.63, 3.8) is 0 Å². The number of carbonyl (C=O) groups excluding carboxylic acids is 1. The van der Waals surface area contributed by atoms with Crippen LogP contribution in [-0.4, -0.2) is 47.0 Å². The molecule has 1 saturated carbocycles. The fraction of sp³-hybridized carbons (Fsp3) is 0.588. The Morgan fingerprint density at radius 1 is 1.17 bits per heavy atom. The van der Waals surface area contributed by atoms with Crippen LogP contribution >= 0.6 is 12.4 Å². The number of hydrogen-bond donors (Lipinski definition) is 4. The fourth-order valence-corrected chi connectivity index (χ4v) is 3.15. The molecule has 1 saturated heterocycles. The Balaban J connectivity index is 0.00000208. The first-order valence-electron chi connectivity index (χ1n) is 8.29. The van der Waals surface area contributed by atoms with Gasteiger partial charge in [-0.3, -0.25) is 4.79 Å². The van der Waals surface area contributed by atoms with E-state index in [9.17, 15) is 15.0 Å². The van der Waals surface area contributed by atoms with E-state index in [1.807, 2.05) is 0 Å².